The van der Waals surface area contributed by atoms with E-state index in [4.69, 9.17) is 5.26 Å². The SMILES string of the molecule is CCCC(C#N)NC(=O)c1ccc(F)cc1F. The molecule has 3 nitrogen and oxygen atoms in total. The molecule has 0 saturated heterocycles. The Hall–Kier alpha value is -1.96. The van der Waals surface area contributed by atoms with Gasteiger partial charge in [-0.2, -0.15) is 5.26 Å². The minimum atomic E-state index is -0.935. The molecule has 5 heteroatoms. The summed E-state index contributed by atoms with van der Waals surface area (Å²) in [5.41, 5.74) is -0.261. The second-order valence-corrected chi connectivity index (χ2v) is 3.57. The van der Waals surface area contributed by atoms with E-state index in [-0.39, 0.29) is 5.56 Å². The van der Waals surface area contributed by atoms with Gasteiger partial charge >= 0.3 is 0 Å². The zero-order valence-electron chi connectivity index (χ0n) is 9.34. The Bertz CT molecular complexity index is 454. The third-order valence-electron chi connectivity index (χ3n) is 2.21. The summed E-state index contributed by atoms with van der Waals surface area (Å²) in [6.45, 7) is 1.87. The van der Waals surface area contributed by atoms with E-state index >= 15 is 0 Å². The lowest BCUT2D eigenvalue weighted by Crippen LogP contribution is -2.34. The van der Waals surface area contributed by atoms with Gasteiger partial charge in [-0.3, -0.25) is 4.79 Å². The summed E-state index contributed by atoms with van der Waals surface area (Å²) in [4.78, 5) is 11.6. The first kappa shape index (κ1) is 13.1. The van der Waals surface area contributed by atoms with Gasteiger partial charge in [0, 0.05) is 6.07 Å². The van der Waals surface area contributed by atoms with Crippen molar-refractivity contribution in [2.24, 2.45) is 0 Å². The van der Waals surface area contributed by atoms with Crippen molar-refractivity contribution >= 4 is 5.91 Å². The zero-order valence-corrected chi connectivity index (χ0v) is 9.34. The maximum absolute atomic E-state index is 13.3. The van der Waals surface area contributed by atoms with Gasteiger partial charge in [-0.1, -0.05) is 13.3 Å². The first-order valence-electron chi connectivity index (χ1n) is 5.24. The fourth-order valence-electron chi connectivity index (χ4n) is 1.37. The lowest BCUT2D eigenvalue weighted by Gasteiger charge is -2.10. The Balaban J connectivity index is 2.79. The lowest BCUT2D eigenvalue weighted by atomic mass is 10.1. The van der Waals surface area contributed by atoms with E-state index in [0.29, 0.717) is 12.5 Å². The number of benzene rings is 1. The van der Waals surface area contributed by atoms with Crippen molar-refractivity contribution in [3.05, 3.63) is 35.4 Å². The molecule has 1 atom stereocenters. The highest BCUT2D eigenvalue weighted by molar-refractivity contribution is 5.94. The van der Waals surface area contributed by atoms with Crippen LogP contribution in [0.3, 0.4) is 0 Å². The third-order valence-corrected chi connectivity index (χ3v) is 2.21. The maximum Gasteiger partial charge on any atom is 0.255 e. The molecule has 0 radical (unpaired) electrons. The first-order valence-corrected chi connectivity index (χ1v) is 5.24. The zero-order chi connectivity index (χ0) is 12.8. The van der Waals surface area contributed by atoms with Crippen LogP contribution < -0.4 is 5.32 Å². The van der Waals surface area contributed by atoms with Crippen molar-refractivity contribution in [2.75, 3.05) is 0 Å². The monoisotopic (exact) mass is 238 g/mol. The van der Waals surface area contributed by atoms with Crippen LogP contribution in [-0.4, -0.2) is 11.9 Å². The summed E-state index contributed by atoms with van der Waals surface area (Å²) in [6, 6.07) is 3.94. The Labute approximate surface area is 98.1 Å². The summed E-state index contributed by atoms with van der Waals surface area (Å²) in [7, 11) is 0. The highest BCUT2D eigenvalue weighted by Gasteiger charge is 2.16. The van der Waals surface area contributed by atoms with Crippen LogP contribution in [0.15, 0.2) is 18.2 Å². The number of carbonyl (C=O) groups is 1. The molecule has 0 aliphatic rings. The normalized spacial score (nSPS) is 11.6. The van der Waals surface area contributed by atoms with Gasteiger partial charge < -0.3 is 5.32 Å². The molecular weight excluding hydrogens is 226 g/mol. The van der Waals surface area contributed by atoms with Gasteiger partial charge in [-0.25, -0.2) is 8.78 Å². The Morgan fingerprint density at radius 2 is 2.24 bits per heavy atom. The average Bonchev–Trinajstić information content (AvgIpc) is 2.28. The van der Waals surface area contributed by atoms with Gasteiger partial charge in [0.2, 0.25) is 0 Å². The molecule has 0 bridgehead atoms. The number of nitriles is 1. The minimum absolute atomic E-state index is 0.261. The molecule has 1 aromatic carbocycles. The highest BCUT2D eigenvalue weighted by Crippen LogP contribution is 2.10. The van der Waals surface area contributed by atoms with E-state index in [0.717, 1.165) is 18.6 Å². The van der Waals surface area contributed by atoms with Gasteiger partial charge in [-0.15, -0.1) is 0 Å². The number of rotatable bonds is 4. The van der Waals surface area contributed by atoms with Crippen molar-refractivity contribution in [2.45, 2.75) is 25.8 Å². The summed E-state index contributed by atoms with van der Waals surface area (Å²) in [5, 5.41) is 11.1. The van der Waals surface area contributed by atoms with Crippen molar-refractivity contribution in [1.29, 1.82) is 5.26 Å². The van der Waals surface area contributed by atoms with Crippen LogP contribution in [0, 0.1) is 23.0 Å². The number of amides is 1. The predicted molar refractivity (Wildman–Crippen MR) is 58.1 cm³/mol. The molecule has 0 fully saturated rings. The maximum atomic E-state index is 13.3. The number of nitrogens with one attached hydrogen (secondary N) is 1. The summed E-state index contributed by atoms with van der Waals surface area (Å²) >= 11 is 0. The topological polar surface area (TPSA) is 52.9 Å². The van der Waals surface area contributed by atoms with Gasteiger partial charge in [0.05, 0.1) is 11.6 Å². The van der Waals surface area contributed by atoms with Crippen LogP contribution in [0.4, 0.5) is 8.78 Å². The van der Waals surface area contributed by atoms with Crippen molar-refractivity contribution in [3.63, 3.8) is 0 Å². The van der Waals surface area contributed by atoms with E-state index in [2.05, 4.69) is 5.32 Å². The Kier molecular flexibility index (Phi) is 4.58. The van der Waals surface area contributed by atoms with Gasteiger partial charge in [0.1, 0.15) is 17.7 Å². The third kappa shape index (κ3) is 3.52. The van der Waals surface area contributed by atoms with Crippen molar-refractivity contribution < 1.29 is 13.6 Å². The fraction of sp³-hybridized carbons (Fsp3) is 0.333. The van der Waals surface area contributed by atoms with Crippen molar-refractivity contribution in [3.8, 4) is 6.07 Å². The van der Waals surface area contributed by atoms with Crippen LogP contribution in [-0.2, 0) is 0 Å². The fourth-order valence-corrected chi connectivity index (χ4v) is 1.37. The molecule has 0 spiro atoms. The second kappa shape index (κ2) is 5.94. The molecule has 0 aromatic heterocycles. The minimum Gasteiger partial charge on any atom is -0.336 e. The number of carbonyl (C=O) groups excluding carboxylic acids is 1. The van der Waals surface area contributed by atoms with Crippen LogP contribution in [0.5, 0.6) is 0 Å². The van der Waals surface area contributed by atoms with E-state index < -0.39 is 23.6 Å². The Morgan fingerprint density at radius 3 is 2.76 bits per heavy atom. The molecule has 0 heterocycles. The molecule has 1 aromatic rings. The number of nitrogens with zero attached hydrogens (tertiary/aromatic N) is 1. The molecule has 0 aliphatic carbocycles. The average molecular weight is 238 g/mol. The second-order valence-electron chi connectivity index (χ2n) is 3.57. The lowest BCUT2D eigenvalue weighted by molar-refractivity contribution is 0.0939. The van der Waals surface area contributed by atoms with Crippen molar-refractivity contribution in [1.82, 2.24) is 5.32 Å². The standard InChI is InChI=1S/C12H12F2N2O/c1-2-3-9(7-15)16-12(17)10-5-4-8(13)6-11(10)14/h4-6,9H,2-3H2,1H3,(H,16,17). The summed E-state index contributed by atoms with van der Waals surface area (Å²) in [6.07, 6.45) is 1.22. The predicted octanol–water partition coefficient (Wildman–Crippen LogP) is 2.39. The van der Waals surface area contributed by atoms with Gasteiger partial charge in [0.15, 0.2) is 0 Å². The number of halogens is 2. The Morgan fingerprint density at radius 1 is 1.53 bits per heavy atom. The molecule has 1 unspecified atom stereocenters. The van der Waals surface area contributed by atoms with Crippen LogP contribution in [0.1, 0.15) is 30.1 Å². The first-order chi connectivity index (χ1) is 8.08. The van der Waals surface area contributed by atoms with E-state index in [1.54, 1.807) is 0 Å². The van der Waals surface area contributed by atoms with Gasteiger partial charge in [0.25, 0.3) is 5.91 Å². The van der Waals surface area contributed by atoms with Crippen LogP contribution in [0.25, 0.3) is 0 Å². The quantitative estimate of drug-likeness (QED) is 0.875. The highest BCUT2D eigenvalue weighted by atomic mass is 19.1. The largest absolute Gasteiger partial charge is 0.336 e. The molecule has 17 heavy (non-hydrogen) atoms. The summed E-state index contributed by atoms with van der Waals surface area (Å²) in [5.74, 6) is -2.39. The van der Waals surface area contributed by atoms with Crippen LogP contribution >= 0.6 is 0 Å². The van der Waals surface area contributed by atoms with E-state index in [9.17, 15) is 13.6 Å². The molecule has 90 valence electrons. The van der Waals surface area contributed by atoms with E-state index in [1.807, 2.05) is 13.0 Å². The molecule has 1 N–H and O–H groups in total. The molecular formula is C12H12F2N2O. The molecule has 0 aliphatic heterocycles. The number of hydrogen-bond acceptors (Lipinski definition) is 2. The molecule has 0 saturated carbocycles. The molecule has 1 amide bonds. The molecule has 1 rings (SSSR count). The van der Waals surface area contributed by atoms with Crippen LogP contribution in [0.2, 0.25) is 0 Å². The smallest absolute Gasteiger partial charge is 0.255 e. The van der Waals surface area contributed by atoms with E-state index in [1.165, 1.54) is 0 Å². The number of hydrogen-bond donors (Lipinski definition) is 1. The summed E-state index contributed by atoms with van der Waals surface area (Å²) < 4.78 is 25.9. The van der Waals surface area contributed by atoms with Gasteiger partial charge in [-0.05, 0) is 18.6 Å².